The van der Waals surface area contributed by atoms with E-state index in [1.54, 1.807) is 0 Å². The average molecular weight is 1710 g/mol. The average Bonchev–Trinajstić information content (AvgIpc) is 1.54. The van der Waals surface area contributed by atoms with Crippen molar-refractivity contribution in [1.29, 1.82) is 0 Å². The third-order valence-corrected chi connectivity index (χ3v) is 28.3. The van der Waals surface area contributed by atoms with Crippen LogP contribution in [0.3, 0.4) is 0 Å². The number of para-hydroxylation sites is 15. The highest BCUT2D eigenvalue weighted by Crippen LogP contribution is 2.52. The van der Waals surface area contributed by atoms with Gasteiger partial charge >= 0.3 is 0 Å². The Bertz CT molecular complexity index is 10100. The largest absolute Gasteiger partial charge is 0.344 e. The third kappa shape index (κ3) is 10.5. The summed E-state index contributed by atoms with van der Waals surface area (Å²) < 4.78 is 27.6. The van der Waals surface area contributed by atoms with Crippen LogP contribution in [-0.4, -0.2) is 74.1 Å². The van der Waals surface area contributed by atoms with E-state index >= 15 is 0 Å². The van der Waals surface area contributed by atoms with Crippen molar-refractivity contribution in [3.63, 3.8) is 0 Å². The molecule has 0 saturated carbocycles. The Kier molecular flexibility index (Phi) is 15.9. The molecule has 0 radical (unpaired) electrons. The first-order chi connectivity index (χ1) is 65.8. The van der Waals surface area contributed by atoms with Gasteiger partial charge in [-0.15, -0.1) is 0 Å². The molecule has 1 aliphatic carbocycles. The summed E-state index contributed by atoms with van der Waals surface area (Å²) >= 11 is 0. The quantitative estimate of drug-likeness (QED) is 0.171. The molecule has 0 amide bonds. The Morgan fingerprint density at radius 3 is 1.20 bits per heavy atom. The van der Waals surface area contributed by atoms with Gasteiger partial charge in [0, 0.05) is 122 Å². The fraction of sp³-hybridized carbons (Fsp3) is 0.0427. The number of imidazole rings is 8. The van der Waals surface area contributed by atoms with Gasteiger partial charge in [0.1, 0.15) is 5.52 Å². The number of nitrogens with zero attached hydrogens (tertiary/aromatic N) is 16. The van der Waals surface area contributed by atoms with Crippen LogP contribution in [0.1, 0.15) is 22.6 Å². The lowest BCUT2D eigenvalue weighted by Gasteiger charge is -2.15. The zero-order chi connectivity index (χ0) is 87.7. The van der Waals surface area contributed by atoms with Crippen molar-refractivity contribution in [2.24, 2.45) is 28.2 Å². The second-order valence-corrected chi connectivity index (χ2v) is 35.1. The Morgan fingerprint density at radius 2 is 0.594 bits per heavy atom. The number of hydrogen-bond donors (Lipinski definition) is 0. The molecular formula is C117H80N16. The minimum Gasteiger partial charge on any atom is -0.344 e. The summed E-state index contributed by atoms with van der Waals surface area (Å²) in [7, 11) is 8.58. The smallest absolute Gasteiger partial charge is 0.220 e. The van der Waals surface area contributed by atoms with Gasteiger partial charge in [-0.1, -0.05) is 237 Å². The molecule has 12 aromatic heterocycles. The minimum atomic E-state index is 0.216. The van der Waals surface area contributed by atoms with Crippen LogP contribution < -0.4 is 0 Å². The molecule has 0 aliphatic heterocycles. The Labute approximate surface area is 758 Å². The molecule has 0 N–H and O–H groups in total. The van der Waals surface area contributed by atoms with Gasteiger partial charge in [0.25, 0.3) is 0 Å². The monoisotopic (exact) mass is 1710 g/mol. The van der Waals surface area contributed by atoms with Crippen LogP contribution in [-0.2, 0) is 28.2 Å². The number of hydrogen-bond acceptors (Lipinski definition) is 4. The first-order valence-electron chi connectivity index (χ1n) is 45.3. The van der Waals surface area contributed by atoms with Crippen LogP contribution in [0.2, 0.25) is 0 Å². The van der Waals surface area contributed by atoms with Gasteiger partial charge in [-0.25, -0.2) is 19.9 Å². The molecule has 133 heavy (non-hydrogen) atoms. The summed E-state index contributed by atoms with van der Waals surface area (Å²) in [6, 6.07) is 145. The van der Waals surface area contributed by atoms with Gasteiger partial charge in [-0.3, -0.25) is 31.3 Å². The van der Waals surface area contributed by atoms with Gasteiger partial charge in [0.2, 0.25) is 23.1 Å². The highest BCUT2D eigenvalue weighted by atomic mass is 15.2. The van der Waals surface area contributed by atoms with E-state index in [0.717, 1.165) is 123 Å². The molecule has 628 valence electrons. The van der Waals surface area contributed by atoms with Crippen LogP contribution in [0.15, 0.2) is 406 Å². The summed E-state index contributed by atoms with van der Waals surface area (Å²) in [4.78, 5) is 20.5. The van der Waals surface area contributed by atoms with Crippen molar-refractivity contribution >= 4 is 199 Å². The molecule has 0 saturated heterocycles. The highest BCUT2D eigenvalue weighted by molar-refractivity contribution is 6.22. The SMILES string of the molecule is Cn1c2ccc3c(c2n2c4ccccc4nc12)C(c1ccccc1)c1ccccc1-3.Cn1c2ccccc2c2cc(-n3c4ccccc4c4ccc5c(nc6n(-c7ccccc7)c7ccccc7n56)c43)ccc21.Cn1c2ccccc2c2ccc3c(c21)n1c2ccccc2nc1n3-c1ccccc1.Cn1c2ccccc2c2ccc3nc4n(-c5ccccc5)c5ccccc5n4c3c21. The lowest BCUT2D eigenvalue weighted by atomic mass is 9.89. The number of aryl methyl sites for hydroxylation is 4. The van der Waals surface area contributed by atoms with E-state index in [-0.39, 0.29) is 5.92 Å². The molecule has 16 heteroatoms. The molecule has 1 atom stereocenters. The van der Waals surface area contributed by atoms with E-state index in [4.69, 9.17) is 19.9 Å². The molecule has 1 unspecified atom stereocenters. The molecule has 31 rings (SSSR count). The van der Waals surface area contributed by atoms with Crippen molar-refractivity contribution in [2.45, 2.75) is 5.92 Å². The highest BCUT2D eigenvalue weighted by Gasteiger charge is 2.35. The third-order valence-electron chi connectivity index (χ3n) is 28.3. The number of aromatic nitrogens is 16. The van der Waals surface area contributed by atoms with E-state index in [2.05, 4.69) is 483 Å². The van der Waals surface area contributed by atoms with E-state index in [1.165, 1.54) is 126 Å². The first-order valence-corrected chi connectivity index (χ1v) is 45.3. The second-order valence-electron chi connectivity index (χ2n) is 35.1. The van der Waals surface area contributed by atoms with Crippen molar-refractivity contribution in [3.8, 4) is 33.9 Å². The van der Waals surface area contributed by atoms with Gasteiger partial charge in [0.15, 0.2) is 0 Å². The maximum Gasteiger partial charge on any atom is 0.220 e. The number of fused-ring (bicyclic) bond motifs is 39. The lowest BCUT2D eigenvalue weighted by Crippen LogP contribution is -2.01. The van der Waals surface area contributed by atoms with Crippen molar-refractivity contribution in [1.82, 2.24) is 74.1 Å². The van der Waals surface area contributed by atoms with E-state index in [1.807, 2.05) is 6.07 Å². The van der Waals surface area contributed by atoms with Crippen molar-refractivity contribution < 1.29 is 0 Å². The van der Waals surface area contributed by atoms with E-state index in [0.29, 0.717) is 0 Å². The maximum atomic E-state index is 5.46. The Hall–Kier alpha value is -17.8. The first kappa shape index (κ1) is 74.3. The van der Waals surface area contributed by atoms with Crippen LogP contribution in [0, 0.1) is 0 Å². The maximum absolute atomic E-state index is 5.46. The molecular weight excluding hydrogens is 1630 g/mol. The Balaban J connectivity index is 0.0000000897. The van der Waals surface area contributed by atoms with Crippen LogP contribution >= 0.6 is 0 Å². The molecule has 0 fully saturated rings. The zero-order valence-corrected chi connectivity index (χ0v) is 72.9. The normalized spacial score (nSPS) is 12.9. The Morgan fingerprint density at radius 1 is 0.195 bits per heavy atom. The fourth-order valence-corrected chi connectivity index (χ4v) is 22.6. The summed E-state index contributed by atoms with van der Waals surface area (Å²) in [5, 5.41) is 10.0. The van der Waals surface area contributed by atoms with Crippen LogP contribution in [0.25, 0.3) is 232 Å². The van der Waals surface area contributed by atoms with Crippen molar-refractivity contribution in [3.05, 3.63) is 423 Å². The predicted molar refractivity (Wildman–Crippen MR) is 547 cm³/mol. The number of benzene rings is 18. The fourth-order valence-electron chi connectivity index (χ4n) is 22.6. The molecule has 1 aliphatic rings. The lowest BCUT2D eigenvalue weighted by molar-refractivity contribution is 0.973. The minimum absolute atomic E-state index is 0.216. The molecule has 12 heterocycles. The molecule has 30 aromatic rings. The van der Waals surface area contributed by atoms with Gasteiger partial charge < -0.3 is 22.8 Å². The number of rotatable bonds is 5. The summed E-state index contributed by atoms with van der Waals surface area (Å²) in [6.07, 6.45) is 0. The topological polar surface area (TPSA) is 109 Å². The predicted octanol–water partition coefficient (Wildman–Crippen LogP) is 27.5. The van der Waals surface area contributed by atoms with Crippen LogP contribution in [0.5, 0.6) is 0 Å². The van der Waals surface area contributed by atoms with E-state index in [9.17, 15) is 0 Å². The molecule has 0 spiro atoms. The summed E-state index contributed by atoms with van der Waals surface area (Å²) in [5.74, 6) is 4.00. The standard InChI is InChI=1S/C38H25N5.C27H19N3.2C26H18N4/c1-40-30-15-7-5-14-27(30)29-23-25(19-21-31(29)40)41-32-16-8-6-13-26(32)28-20-22-35-36(37(28)41)39-38-42(24-11-3-2-4-12-24)33-17-9-10-18-34(33)43(35)38;1-29-23-16-15-20-18-11-5-6-12-19(18)24(17-9-3-2-4-10-17)25(20)26(23)30-22-14-8-7-13-21(22)28-27(29)30;1-28-21-13-7-5-11-18(21)19-15-16-23-25(24(19)28)30-22-14-8-6-12-20(22)27-26(30)29(23)17-9-3-2-4-10-17;1-28-21-12-6-5-11-18(21)19-15-16-20-25(24(19)28)30-23-14-8-7-13-22(23)29(26(30)27-20)17-9-3-2-4-10-17/h2-23H,1H3;2-16,24H,1H3;2*2-16H,1H3. The van der Waals surface area contributed by atoms with E-state index < -0.39 is 0 Å². The summed E-state index contributed by atoms with van der Waals surface area (Å²) in [5.41, 5.74) is 39.0. The van der Waals surface area contributed by atoms with Gasteiger partial charge in [-0.05, 0) is 198 Å². The second kappa shape index (κ2) is 28.4. The van der Waals surface area contributed by atoms with Gasteiger partial charge in [-0.2, -0.15) is 0 Å². The summed E-state index contributed by atoms with van der Waals surface area (Å²) in [6.45, 7) is 0. The zero-order valence-electron chi connectivity index (χ0n) is 72.9. The van der Waals surface area contributed by atoms with Crippen LogP contribution in [0.4, 0.5) is 0 Å². The molecule has 0 bridgehead atoms. The molecule has 18 aromatic carbocycles. The van der Waals surface area contributed by atoms with Gasteiger partial charge in [0.05, 0.1) is 105 Å². The van der Waals surface area contributed by atoms with Crippen molar-refractivity contribution in [2.75, 3.05) is 0 Å². The molecule has 16 nitrogen and oxygen atoms in total.